The van der Waals surface area contributed by atoms with Crippen molar-refractivity contribution in [2.45, 2.75) is 91.2 Å². The lowest BCUT2D eigenvalue weighted by Gasteiger charge is -2.24. The standard InChI is InChI=1S/C87H152N10O32/c1-7-128-81(102)17-16-80(101)97(21-8-19-90-78(99)15-12-74(85(103)129-87(2,3)4)70-77(98)73-10-13-76(14-11-73)96(5)72-75-71-92-84-82(93-75)83(88)94-86(89)95-84)22-9-20-91-79(100)18-23-105-26-27-107-30-31-109-34-35-111-38-39-113-42-43-115-46-47-117-50-51-119-54-55-121-58-59-123-62-63-125-66-67-127-69-68-126-65-64-124-61-60-122-57-56-120-53-52-118-49-48-116-45-44-114-41-40-112-37-36-110-33-32-108-29-28-106-25-24-104-6/h10-11,13-14,71,74H,7-9,12,15-70,72H2,1-6H3,(H,90,99)(H,91,100)(H4,88,89,92,94,95)/t74-/m0/s1. The fraction of sp³-hybridized carbons (Fsp3) is 0.793. The molecule has 0 aliphatic rings. The zero-order chi connectivity index (χ0) is 93.0. The molecule has 3 rings (SSSR count). The van der Waals surface area contributed by atoms with Crippen LogP contribution in [-0.4, -0.2) is 423 Å². The maximum Gasteiger partial charge on any atom is 0.309 e. The molecule has 6 N–H and O–H groups in total. The van der Waals surface area contributed by atoms with E-state index in [1.807, 2.05) is 11.9 Å². The Labute approximate surface area is 761 Å². The number of rotatable bonds is 94. The molecule has 3 aromatic rings. The number of hydrogen-bond donors (Lipinski definition) is 4. The molecular formula is C87H152N10O32. The third-order valence-electron chi connectivity index (χ3n) is 17.6. The van der Waals surface area contributed by atoms with Crippen LogP contribution in [0.2, 0.25) is 0 Å². The summed E-state index contributed by atoms with van der Waals surface area (Å²) in [5.74, 6) is -2.99. The van der Waals surface area contributed by atoms with Crippen LogP contribution in [0.5, 0.6) is 0 Å². The van der Waals surface area contributed by atoms with Crippen molar-refractivity contribution in [3.63, 3.8) is 0 Å². The molecule has 129 heavy (non-hydrogen) atoms. The normalized spacial score (nSPS) is 11.9. The van der Waals surface area contributed by atoms with Crippen LogP contribution < -0.4 is 27.0 Å². The predicted octanol–water partition coefficient (Wildman–Crippen LogP) is 3.13. The third kappa shape index (κ3) is 69.6. The highest BCUT2D eigenvalue weighted by Gasteiger charge is 2.29. The lowest BCUT2D eigenvalue weighted by molar-refractivity contribution is -0.160. The van der Waals surface area contributed by atoms with Gasteiger partial charge in [0.2, 0.25) is 23.7 Å². The quantitative estimate of drug-likeness (QED) is 0.0358. The van der Waals surface area contributed by atoms with Crippen LogP contribution in [0, 0.1) is 5.92 Å². The van der Waals surface area contributed by atoms with Crippen LogP contribution in [0.4, 0.5) is 17.5 Å². The molecule has 42 heteroatoms. The van der Waals surface area contributed by atoms with Gasteiger partial charge in [-0.1, -0.05) is 0 Å². The number of nitrogens with zero attached hydrogens (tertiary/aromatic N) is 6. The van der Waals surface area contributed by atoms with Crippen molar-refractivity contribution in [1.29, 1.82) is 0 Å². The molecule has 0 saturated heterocycles. The number of nitrogens with two attached hydrogens (primary N) is 2. The van der Waals surface area contributed by atoms with Gasteiger partial charge in [0.25, 0.3) is 0 Å². The summed E-state index contributed by atoms with van der Waals surface area (Å²) in [5.41, 5.74) is 13.2. The van der Waals surface area contributed by atoms with Gasteiger partial charge in [-0.25, -0.2) is 9.97 Å². The minimum absolute atomic E-state index is 0.000357. The SMILES string of the molecule is CCOC(=O)CCC(=O)N(CCCNC(=O)CCOCCOCCOCCOCCOCCOCCOCCOCCOCCOCCOCCOCCOCCOCCOCCOCCOCCOCCOCCOCCOCCOCCOCCOC)CCCNC(=O)CC[C@@H](CC(=O)c1ccc(N(C)Cc2cnc3nc(N)nc(N)c3n2)cc1)C(=O)OC(C)(C)C. The van der Waals surface area contributed by atoms with Crippen molar-refractivity contribution >= 4 is 64.1 Å². The van der Waals surface area contributed by atoms with Gasteiger partial charge < -0.3 is 155 Å². The molecule has 0 fully saturated rings. The number of fused-ring (bicyclic) bond motifs is 1. The minimum Gasteiger partial charge on any atom is -0.466 e. The Hall–Kier alpha value is -6.90. The van der Waals surface area contributed by atoms with Crippen LogP contribution in [0.3, 0.4) is 0 Å². The van der Waals surface area contributed by atoms with Gasteiger partial charge in [-0.05, 0) is 71.2 Å². The van der Waals surface area contributed by atoms with E-state index in [0.29, 0.717) is 347 Å². The van der Waals surface area contributed by atoms with E-state index in [1.54, 1.807) is 70.2 Å². The summed E-state index contributed by atoms with van der Waals surface area (Å²) >= 11 is 0. The van der Waals surface area contributed by atoms with Crippen molar-refractivity contribution in [2.75, 3.05) is 374 Å². The number of ether oxygens (including phenoxy) is 26. The number of nitrogen functional groups attached to an aromatic ring is 2. The van der Waals surface area contributed by atoms with Crippen molar-refractivity contribution in [1.82, 2.24) is 35.5 Å². The van der Waals surface area contributed by atoms with E-state index in [1.165, 1.54) is 0 Å². The van der Waals surface area contributed by atoms with Gasteiger partial charge >= 0.3 is 11.9 Å². The molecule has 0 aliphatic heterocycles. The Kier molecular flexibility index (Phi) is 74.8. The molecule has 1 aromatic carbocycles. The number of carbonyl (C=O) groups is 6. The van der Waals surface area contributed by atoms with Gasteiger partial charge in [-0.15, -0.1) is 0 Å². The average molecular weight is 1850 g/mol. The number of Topliss-reactive ketones (excluding diaryl/α,β-unsaturated/α-hetero) is 1. The second-order valence-electron chi connectivity index (χ2n) is 29.2. The number of nitrogens with one attached hydrogen (secondary N) is 2. The number of carbonyl (C=O) groups excluding carboxylic acids is 6. The first-order chi connectivity index (χ1) is 63.0. The molecule has 742 valence electrons. The fourth-order valence-electron chi connectivity index (χ4n) is 11.0. The molecule has 2 aromatic heterocycles. The molecule has 3 amide bonds. The van der Waals surface area contributed by atoms with Crippen LogP contribution in [0.1, 0.15) is 95.1 Å². The monoisotopic (exact) mass is 1850 g/mol. The van der Waals surface area contributed by atoms with Crippen molar-refractivity contribution in [2.24, 2.45) is 5.92 Å². The van der Waals surface area contributed by atoms with Gasteiger partial charge in [0, 0.05) is 77.3 Å². The van der Waals surface area contributed by atoms with Crippen LogP contribution in [-0.2, 0) is 154 Å². The van der Waals surface area contributed by atoms with E-state index in [-0.39, 0.29) is 112 Å². The zero-order valence-corrected chi connectivity index (χ0v) is 77.5. The van der Waals surface area contributed by atoms with E-state index in [4.69, 9.17) is 135 Å². The first-order valence-electron chi connectivity index (χ1n) is 44.8. The summed E-state index contributed by atoms with van der Waals surface area (Å²) in [7, 11) is 3.49. The lowest BCUT2D eigenvalue weighted by Crippen LogP contribution is -2.37. The molecule has 42 nitrogen and oxygen atoms in total. The molecular weight excluding hydrogens is 1700 g/mol. The summed E-state index contributed by atoms with van der Waals surface area (Å²) < 4.78 is 143. The van der Waals surface area contributed by atoms with E-state index in [0.717, 1.165) is 5.69 Å². The van der Waals surface area contributed by atoms with Crippen LogP contribution in [0.25, 0.3) is 11.2 Å². The number of hydrogen-bond acceptors (Lipinski definition) is 39. The summed E-state index contributed by atoms with van der Waals surface area (Å²) in [6.07, 6.45) is 2.16. The molecule has 0 bridgehead atoms. The fourth-order valence-corrected chi connectivity index (χ4v) is 11.0. The Bertz CT molecular complexity index is 3220. The van der Waals surface area contributed by atoms with Crippen LogP contribution >= 0.6 is 0 Å². The second-order valence-corrected chi connectivity index (χ2v) is 29.2. The van der Waals surface area contributed by atoms with Crippen LogP contribution in [0.15, 0.2) is 30.5 Å². The number of anilines is 3. The second kappa shape index (κ2) is 83.0. The number of esters is 2. The molecule has 0 saturated carbocycles. The molecule has 0 unspecified atom stereocenters. The average Bonchev–Trinajstić information content (AvgIpc) is 0.806. The number of benzene rings is 1. The lowest BCUT2D eigenvalue weighted by atomic mass is 9.93. The highest BCUT2D eigenvalue weighted by Crippen LogP contribution is 2.24. The summed E-state index contributed by atoms with van der Waals surface area (Å²) in [4.78, 5) is 98.7. The minimum atomic E-state index is -0.904. The molecule has 2 heterocycles. The first-order valence-corrected chi connectivity index (χ1v) is 44.8. The number of ketones is 1. The topological polar surface area (TPSA) is 477 Å². The number of methoxy groups -OCH3 is 1. The van der Waals surface area contributed by atoms with Gasteiger partial charge in [0.05, 0.1) is 348 Å². The highest BCUT2D eigenvalue weighted by atomic mass is 16.6. The molecule has 1 atom stereocenters. The maximum absolute atomic E-state index is 13.7. The Balaban J connectivity index is 1.00. The summed E-state index contributed by atoms with van der Waals surface area (Å²) in [6.45, 7) is 29.9. The Morgan fingerprint density at radius 3 is 1.06 bits per heavy atom. The van der Waals surface area contributed by atoms with Crippen molar-refractivity contribution in [3.8, 4) is 0 Å². The van der Waals surface area contributed by atoms with E-state index < -0.39 is 23.5 Å². The Morgan fingerprint density at radius 1 is 0.411 bits per heavy atom. The summed E-state index contributed by atoms with van der Waals surface area (Å²) in [5, 5.41) is 5.71. The van der Waals surface area contributed by atoms with Crippen molar-refractivity contribution in [3.05, 3.63) is 41.7 Å². The summed E-state index contributed by atoms with van der Waals surface area (Å²) in [6, 6.07) is 6.91. The number of aromatic nitrogens is 4. The largest absolute Gasteiger partial charge is 0.466 e. The first kappa shape index (κ1) is 116. The third-order valence-corrected chi connectivity index (χ3v) is 17.6. The zero-order valence-electron chi connectivity index (χ0n) is 77.5. The van der Waals surface area contributed by atoms with E-state index in [9.17, 15) is 28.8 Å². The van der Waals surface area contributed by atoms with E-state index in [2.05, 4.69) is 30.6 Å². The van der Waals surface area contributed by atoms with E-state index >= 15 is 0 Å². The highest BCUT2D eigenvalue weighted by molar-refractivity contribution is 5.98. The van der Waals surface area contributed by atoms with Crippen molar-refractivity contribution < 1.29 is 152 Å². The molecule has 0 aliphatic carbocycles. The van der Waals surface area contributed by atoms with Gasteiger partial charge in [0.15, 0.2) is 22.8 Å². The Morgan fingerprint density at radius 2 is 0.736 bits per heavy atom. The predicted molar refractivity (Wildman–Crippen MR) is 473 cm³/mol. The smallest absolute Gasteiger partial charge is 0.309 e. The molecule has 0 radical (unpaired) electrons. The van der Waals surface area contributed by atoms with Gasteiger partial charge in [-0.3, -0.25) is 28.8 Å². The molecule has 0 spiro atoms. The maximum atomic E-state index is 13.7. The van der Waals surface area contributed by atoms with Gasteiger partial charge in [-0.2, -0.15) is 9.97 Å². The van der Waals surface area contributed by atoms with Gasteiger partial charge in [0.1, 0.15) is 5.60 Å². The number of amides is 3.